The van der Waals surface area contributed by atoms with Crippen LogP contribution in [0.3, 0.4) is 0 Å². The average molecular weight is 262 g/mol. The Bertz CT molecular complexity index is 520. The van der Waals surface area contributed by atoms with E-state index in [0.29, 0.717) is 0 Å². The molecule has 1 aromatic rings. The number of ether oxygens (including phenoxy) is 1. The van der Waals surface area contributed by atoms with Gasteiger partial charge in [0.1, 0.15) is 17.1 Å². The summed E-state index contributed by atoms with van der Waals surface area (Å²) >= 11 is 0. The lowest BCUT2D eigenvalue weighted by Crippen LogP contribution is -2.09. The second-order valence-corrected chi connectivity index (χ2v) is 3.93. The molecule has 0 amide bonds. The summed E-state index contributed by atoms with van der Waals surface area (Å²) in [5.41, 5.74) is -0.256. The van der Waals surface area contributed by atoms with Crippen LogP contribution in [0.4, 0.5) is 0 Å². The number of hydrogen-bond donors (Lipinski definition) is 2. The minimum absolute atomic E-state index is 0.0989. The van der Waals surface area contributed by atoms with E-state index in [1.54, 1.807) is 6.92 Å². The number of carbonyl (C=O) groups is 1. The molecule has 8 heteroatoms. The fourth-order valence-electron chi connectivity index (χ4n) is 1.06. The molecule has 17 heavy (non-hydrogen) atoms. The first-order chi connectivity index (χ1) is 7.83. The van der Waals surface area contributed by atoms with Gasteiger partial charge < -0.3 is 14.0 Å². The van der Waals surface area contributed by atoms with Crippen LogP contribution in [0.1, 0.15) is 17.3 Å². The molecule has 0 fully saturated rings. The highest BCUT2D eigenvalue weighted by Gasteiger charge is 2.15. The predicted octanol–water partition coefficient (Wildman–Crippen LogP) is 0.750. The number of aromatic hydroxyl groups is 1. The largest absolute Gasteiger partial charge is 0.507 e. The summed E-state index contributed by atoms with van der Waals surface area (Å²) in [5.74, 6) is -1.52. The summed E-state index contributed by atoms with van der Waals surface area (Å²) in [7, 11) is -4.68. The zero-order valence-electron chi connectivity index (χ0n) is 8.78. The number of rotatable bonds is 4. The van der Waals surface area contributed by atoms with Crippen LogP contribution in [0.2, 0.25) is 0 Å². The van der Waals surface area contributed by atoms with Crippen LogP contribution in [-0.2, 0) is 15.1 Å². The van der Waals surface area contributed by atoms with E-state index in [-0.39, 0.29) is 23.7 Å². The lowest BCUT2D eigenvalue weighted by molar-refractivity contribution is 0.0522. The Morgan fingerprint density at radius 2 is 2.06 bits per heavy atom. The molecule has 0 atom stereocenters. The maximum Gasteiger partial charge on any atom is 0.446 e. The minimum Gasteiger partial charge on any atom is -0.507 e. The first-order valence-corrected chi connectivity index (χ1v) is 5.87. The molecule has 0 radical (unpaired) electrons. The van der Waals surface area contributed by atoms with Crippen molar-refractivity contribution in [2.45, 2.75) is 6.92 Å². The molecule has 0 spiro atoms. The molecule has 0 aromatic heterocycles. The highest BCUT2D eigenvalue weighted by Crippen LogP contribution is 2.24. The lowest BCUT2D eigenvalue weighted by Gasteiger charge is -2.06. The van der Waals surface area contributed by atoms with Crippen molar-refractivity contribution in [3.63, 3.8) is 0 Å². The van der Waals surface area contributed by atoms with E-state index in [1.807, 2.05) is 0 Å². The normalized spacial score (nSPS) is 10.9. The molecule has 2 N–H and O–H groups in total. The Hall–Kier alpha value is -1.80. The number of esters is 1. The van der Waals surface area contributed by atoms with Gasteiger partial charge in [-0.1, -0.05) is 0 Å². The molecular weight excluding hydrogens is 252 g/mol. The van der Waals surface area contributed by atoms with Crippen LogP contribution in [0, 0.1) is 0 Å². The molecule has 0 aliphatic carbocycles. The van der Waals surface area contributed by atoms with Crippen molar-refractivity contribution in [3.05, 3.63) is 23.8 Å². The molecule has 0 heterocycles. The van der Waals surface area contributed by atoms with Gasteiger partial charge in [-0.2, -0.15) is 8.42 Å². The number of benzene rings is 1. The van der Waals surface area contributed by atoms with Gasteiger partial charge >= 0.3 is 16.4 Å². The summed E-state index contributed by atoms with van der Waals surface area (Å²) in [6, 6.07) is 3.07. The number of phenols is 1. The number of hydrogen-bond acceptors (Lipinski definition) is 6. The van der Waals surface area contributed by atoms with E-state index in [2.05, 4.69) is 8.92 Å². The van der Waals surface area contributed by atoms with E-state index in [4.69, 9.17) is 4.55 Å². The van der Waals surface area contributed by atoms with Crippen molar-refractivity contribution < 1.29 is 31.8 Å². The summed E-state index contributed by atoms with van der Waals surface area (Å²) in [5, 5.41) is 9.36. The van der Waals surface area contributed by atoms with Crippen molar-refractivity contribution in [2.24, 2.45) is 0 Å². The summed E-state index contributed by atoms with van der Waals surface area (Å²) < 4.78 is 38.1. The Labute approximate surface area is 97.5 Å². The standard InChI is InChI=1S/C9H10O7S/c1-2-15-9(11)7-5-6(3-4-8(7)10)16-17(12,13)14/h3-5,10H,2H2,1H3,(H,12,13,14). The third kappa shape index (κ3) is 3.93. The molecular formula is C9H10O7S. The SMILES string of the molecule is CCOC(=O)c1cc(OS(=O)(=O)O)ccc1O. The molecule has 0 aliphatic rings. The van der Waals surface area contributed by atoms with Crippen LogP contribution < -0.4 is 4.18 Å². The van der Waals surface area contributed by atoms with Crippen LogP contribution in [0.25, 0.3) is 0 Å². The van der Waals surface area contributed by atoms with Gasteiger partial charge in [0, 0.05) is 6.07 Å². The van der Waals surface area contributed by atoms with E-state index >= 15 is 0 Å². The zero-order chi connectivity index (χ0) is 13.1. The van der Waals surface area contributed by atoms with Gasteiger partial charge in [-0.15, -0.1) is 0 Å². The molecule has 0 bridgehead atoms. The summed E-state index contributed by atoms with van der Waals surface area (Å²) in [4.78, 5) is 11.3. The first-order valence-electron chi connectivity index (χ1n) is 4.50. The second kappa shape index (κ2) is 5.02. The van der Waals surface area contributed by atoms with Crippen LogP contribution in [-0.4, -0.2) is 30.7 Å². The molecule has 0 saturated heterocycles. The molecule has 94 valence electrons. The van der Waals surface area contributed by atoms with E-state index in [1.165, 1.54) is 0 Å². The Morgan fingerprint density at radius 1 is 1.41 bits per heavy atom. The molecule has 7 nitrogen and oxygen atoms in total. The van der Waals surface area contributed by atoms with Crippen molar-refractivity contribution in [1.82, 2.24) is 0 Å². The minimum atomic E-state index is -4.68. The zero-order valence-corrected chi connectivity index (χ0v) is 9.60. The molecule has 0 unspecified atom stereocenters. The van der Waals surface area contributed by atoms with Gasteiger partial charge in [0.15, 0.2) is 0 Å². The molecule has 1 rings (SSSR count). The smallest absolute Gasteiger partial charge is 0.446 e. The van der Waals surface area contributed by atoms with Gasteiger partial charge in [0.05, 0.1) is 6.61 Å². The topological polar surface area (TPSA) is 110 Å². The fraction of sp³-hybridized carbons (Fsp3) is 0.222. The summed E-state index contributed by atoms with van der Waals surface area (Å²) in [6.45, 7) is 1.68. The van der Waals surface area contributed by atoms with Crippen molar-refractivity contribution in [2.75, 3.05) is 6.61 Å². The molecule has 0 saturated carbocycles. The Balaban J connectivity index is 3.06. The van der Waals surface area contributed by atoms with Gasteiger partial charge in [-0.3, -0.25) is 4.55 Å². The Morgan fingerprint density at radius 3 is 2.59 bits per heavy atom. The number of phenolic OH excluding ortho intramolecular Hbond substituents is 1. The second-order valence-electron chi connectivity index (χ2n) is 2.91. The van der Waals surface area contributed by atoms with E-state index in [0.717, 1.165) is 18.2 Å². The summed E-state index contributed by atoms with van der Waals surface area (Å²) in [6.07, 6.45) is 0. The van der Waals surface area contributed by atoms with Crippen molar-refractivity contribution in [1.29, 1.82) is 0 Å². The third-order valence-corrected chi connectivity index (χ3v) is 2.07. The van der Waals surface area contributed by atoms with E-state index < -0.39 is 16.4 Å². The third-order valence-electron chi connectivity index (χ3n) is 1.66. The van der Waals surface area contributed by atoms with Crippen LogP contribution in [0.5, 0.6) is 11.5 Å². The lowest BCUT2D eigenvalue weighted by atomic mass is 10.2. The molecule has 1 aromatic carbocycles. The van der Waals surface area contributed by atoms with Crippen LogP contribution in [0.15, 0.2) is 18.2 Å². The Kier molecular flexibility index (Phi) is 3.92. The molecule has 0 aliphatic heterocycles. The van der Waals surface area contributed by atoms with Gasteiger partial charge in [-0.05, 0) is 19.1 Å². The van der Waals surface area contributed by atoms with Crippen molar-refractivity contribution in [3.8, 4) is 11.5 Å². The highest BCUT2D eigenvalue weighted by atomic mass is 32.3. The van der Waals surface area contributed by atoms with Crippen LogP contribution >= 0.6 is 0 Å². The van der Waals surface area contributed by atoms with E-state index in [9.17, 15) is 18.3 Å². The average Bonchev–Trinajstić information content (AvgIpc) is 2.19. The monoisotopic (exact) mass is 262 g/mol. The highest BCUT2D eigenvalue weighted by molar-refractivity contribution is 7.81. The first kappa shape index (κ1) is 13.3. The maximum atomic E-state index is 11.3. The predicted molar refractivity (Wildman–Crippen MR) is 56.2 cm³/mol. The fourth-order valence-corrected chi connectivity index (χ4v) is 1.41. The van der Waals surface area contributed by atoms with Gasteiger partial charge in [-0.25, -0.2) is 4.79 Å². The number of carbonyl (C=O) groups excluding carboxylic acids is 1. The van der Waals surface area contributed by atoms with Crippen molar-refractivity contribution >= 4 is 16.4 Å². The van der Waals surface area contributed by atoms with Gasteiger partial charge in [0.25, 0.3) is 0 Å². The quantitative estimate of drug-likeness (QED) is 0.608. The van der Waals surface area contributed by atoms with Gasteiger partial charge in [0.2, 0.25) is 0 Å². The maximum absolute atomic E-state index is 11.3.